The van der Waals surface area contributed by atoms with Crippen LogP contribution in [-0.4, -0.2) is 36.7 Å². The number of sulfone groups is 1. The number of carbonyl (C=O) groups excluding carboxylic acids is 1. The second-order valence-electron chi connectivity index (χ2n) is 6.93. The summed E-state index contributed by atoms with van der Waals surface area (Å²) < 4.78 is 30.9. The quantitative estimate of drug-likeness (QED) is 0.375. The smallest absolute Gasteiger partial charge is 0.238 e. The summed E-state index contributed by atoms with van der Waals surface area (Å²) in [4.78, 5) is 21.1. The fraction of sp³-hybridized carbons (Fsp3) is 0.227. The van der Waals surface area contributed by atoms with E-state index in [-0.39, 0.29) is 26.7 Å². The van der Waals surface area contributed by atoms with Crippen LogP contribution in [0.1, 0.15) is 18.9 Å². The van der Waals surface area contributed by atoms with E-state index in [0.29, 0.717) is 17.9 Å². The number of ether oxygens (including phenoxy) is 1. The van der Waals surface area contributed by atoms with Crippen molar-refractivity contribution in [2.24, 2.45) is 0 Å². The van der Waals surface area contributed by atoms with Gasteiger partial charge in [0.2, 0.25) is 15.7 Å². The largest absolute Gasteiger partial charge is 0.495 e. The molecule has 1 heterocycles. The first-order valence-corrected chi connectivity index (χ1v) is 12.2. The molecule has 1 amide bonds. The number of nitrogens with one attached hydrogen (secondary N) is 1. The van der Waals surface area contributed by atoms with Crippen molar-refractivity contribution in [2.75, 3.05) is 18.2 Å². The van der Waals surface area contributed by atoms with Crippen LogP contribution in [0, 0.1) is 6.92 Å². The van der Waals surface area contributed by atoms with Gasteiger partial charge in [-0.2, -0.15) is 0 Å². The molecule has 8 nitrogen and oxygen atoms in total. The lowest BCUT2D eigenvalue weighted by Crippen LogP contribution is -2.25. The monoisotopic (exact) mass is 472 g/mol. The molecule has 0 aliphatic heterocycles. The maximum Gasteiger partial charge on any atom is 0.238 e. The van der Waals surface area contributed by atoms with E-state index in [1.807, 2.05) is 26.0 Å². The maximum atomic E-state index is 12.9. The van der Waals surface area contributed by atoms with Crippen LogP contribution in [0.2, 0.25) is 0 Å². The third kappa shape index (κ3) is 5.20. The minimum Gasteiger partial charge on any atom is -0.495 e. The number of hydrogen-bond acceptors (Lipinski definition) is 8. The van der Waals surface area contributed by atoms with Gasteiger partial charge in [-0.15, -0.1) is 0 Å². The van der Waals surface area contributed by atoms with Gasteiger partial charge in [0.15, 0.2) is 5.16 Å². The SMILES string of the molecule is CCC(Sc1ncc(S(=O)(=O)c2ccccc2)c(N)n1)C(=O)Nc1cc(C)ccc1OC. The second-order valence-corrected chi connectivity index (χ2v) is 10.0. The Bertz CT molecular complexity index is 1220. The molecule has 0 radical (unpaired) electrons. The summed E-state index contributed by atoms with van der Waals surface area (Å²) in [7, 11) is -2.31. The molecule has 0 aliphatic carbocycles. The molecular weight excluding hydrogens is 448 g/mol. The lowest BCUT2D eigenvalue weighted by Gasteiger charge is -2.16. The first-order chi connectivity index (χ1) is 15.3. The van der Waals surface area contributed by atoms with E-state index < -0.39 is 15.1 Å². The first kappa shape index (κ1) is 23.6. The van der Waals surface area contributed by atoms with Gasteiger partial charge in [-0.05, 0) is 43.2 Å². The molecule has 1 atom stereocenters. The molecule has 0 fully saturated rings. The van der Waals surface area contributed by atoms with Crippen LogP contribution < -0.4 is 15.8 Å². The van der Waals surface area contributed by atoms with E-state index in [2.05, 4.69) is 15.3 Å². The van der Waals surface area contributed by atoms with E-state index >= 15 is 0 Å². The van der Waals surface area contributed by atoms with Gasteiger partial charge in [-0.25, -0.2) is 18.4 Å². The number of thioether (sulfide) groups is 1. The zero-order valence-electron chi connectivity index (χ0n) is 17.9. The number of aromatic nitrogens is 2. The van der Waals surface area contributed by atoms with E-state index in [9.17, 15) is 13.2 Å². The number of anilines is 2. The van der Waals surface area contributed by atoms with Crippen molar-refractivity contribution in [3.63, 3.8) is 0 Å². The molecule has 0 aliphatic rings. The second kappa shape index (κ2) is 10.0. The minimum absolute atomic E-state index is 0.105. The van der Waals surface area contributed by atoms with Crippen molar-refractivity contribution in [1.82, 2.24) is 9.97 Å². The van der Waals surface area contributed by atoms with Gasteiger partial charge in [0.25, 0.3) is 0 Å². The normalized spacial score (nSPS) is 12.2. The molecule has 3 aromatic rings. The number of carbonyl (C=O) groups is 1. The van der Waals surface area contributed by atoms with E-state index in [1.54, 1.807) is 24.3 Å². The molecule has 32 heavy (non-hydrogen) atoms. The number of hydrogen-bond donors (Lipinski definition) is 2. The molecule has 2 aromatic carbocycles. The zero-order chi connectivity index (χ0) is 23.3. The van der Waals surface area contributed by atoms with Crippen LogP contribution in [0.5, 0.6) is 5.75 Å². The summed E-state index contributed by atoms with van der Waals surface area (Å²) in [6, 6.07) is 13.4. The van der Waals surface area contributed by atoms with Crippen molar-refractivity contribution in [3.05, 3.63) is 60.3 Å². The van der Waals surface area contributed by atoms with Crippen LogP contribution in [0.15, 0.2) is 69.7 Å². The van der Waals surface area contributed by atoms with Crippen molar-refractivity contribution < 1.29 is 17.9 Å². The molecule has 3 rings (SSSR count). The fourth-order valence-electron chi connectivity index (χ4n) is 2.94. The summed E-state index contributed by atoms with van der Waals surface area (Å²) >= 11 is 1.11. The van der Waals surface area contributed by atoms with Gasteiger partial charge in [-0.3, -0.25) is 4.79 Å². The molecule has 1 unspecified atom stereocenters. The molecular formula is C22H24N4O4S2. The minimum atomic E-state index is -3.84. The average Bonchev–Trinajstić information content (AvgIpc) is 2.78. The highest BCUT2D eigenvalue weighted by atomic mass is 32.2. The molecule has 10 heteroatoms. The van der Waals surface area contributed by atoms with Gasteiger partial charge in [-0.1, -0.05) is 43.0 Å². The van der Waals surface area contributed by atoms with Crippen molar-refractivity contribution in [3.8, 4) is 5.75 Å². The molecule has 0 saturated heterocycles. The van der Waals surface area contributed by atoms with Crippen LogP contribution in [0.3, 0.4) is 0 Å². The van der Waals surface area contributed by atoms with Gasteiger partial charge in [0, 0.05) is 0 Å². The third-order valence-electron chi connectivity index (χ3n) is 4.63. The van der Waals surface area contributed by atoms with Gasteiger partial charge >= 0.3 is 0 Å². The van der Waals surface area contributed by atoms with Gasteiger partial charge in [0.1, 0.15) is 16.5 Å². The lowest BCUT2D eigenvalue weighted by molar-refractivity contribution is -0.115. The number of amides is 1. The predicted molar refractivity (Wildman–Crippen MR) is 125 cm³/mol. The highest BCUT2D eigenvalue weighted by molar-refractivity contribution is 8.00. The van der Waals surface area contributed by atoms with E-state index in [0.717, 1.165) is 17.3 Å². The Hall–Kier alpha value is -3.11. The Morgan fingerprint density at radius 1 is 1.22 bits per heavy atom. The maximum absolute atomic E-state index is 12.9. The molecule has 3 N–H and O–H groups in total. The van der Waals surface area contributed by atoms with Gasteiger partial charge < -0.3 is 15.8 Å². The summed E-state index contributed by atoms with van der Waals surface area (Å²) in [6.45, 7) is 3.78. The van der Waals surface area contributed by atoms with Crippen LogP contribution in [0.4, 0.5) is 11.5 Å². The number of methoxy groups -OCH3 is 1. The topological polar surface area (TPSA) is 124 Å². The number of nitrogens with zero attached hydrogens (tertiary/aromatic N) is 2. The third-order valence-corrected chi connectivity index (χ3v) is 7.65. The van der Waals surface area contributed by atoms with Crippen LogP contribution in [-0.2, 0) is 14.6 Å². The number of nitrogen functional groups attached to an aromatic ring is 1. The summed E-state index contributed by atoms with van der Waals surface area (Å²) in [6.07, 6.45) is 1.68. The van der Waals surface area contributed by atoms with E-state index in [1.165, 1.54) is 25.4 Å². The van der Waals surface area contributed by atoms with Crippen molar-refractivity contribution in [2.45, 2.75) is 40.5 Å². The Morgan fingerprint density at radius 2 is 1.94 bits per heavy atom. The summed E-state index contributed by atoms with van der Waals surface area (Å²) in [5.41, 5.74) is 7.51. The number of nitrogens with two attached hydrogens (primary N) is 1. The average molecular weight is 473 g/mol. The predicted octanol–water partition coefficient (Wildman–Crippen LogP) is 3.72. The number of aryl methyl sites for hydroxylation is 1. The number of benzene rings is 2. The molecule has 1 aromatic heterocycles. The Labute approximate surface area is 191 Å². The van der Waals surface area contributed by atoms with Crippen LogP contribution >= 0.6 is 11.8 Å². The molecule has 168 valence electrons. The summed E-state index contributed by atoms with van der Waals surface area (Å²) in [5.74, 6) is 0.145. The Morgan fingerprint density at radius 3 is 2.56 bits per heavy atom. The van der Waals surface area contributed by atoms with Crippen LogP contribution in [0.25, 0.3) is 0 Å². The highest BCUT2D eigenvalue weighted by Gasteiger charge is 2.25. The van der Waals surface area contributed by atoms with Crippen molar-refractivity contribution in [1.29, 1.82) is 0 Å². The number of rotatable bonds is 8. The Kier molecular flexibility index (Phi) is 7.37. The fourth-order valence-corrected chi connectivity index (χ4v) is 5.07. The zero-order valence-corrected chi connectivity index (χ0v) is 19.5. The highest BCUT2D eigenvalue weighted by Crippen LogP contribution is 2.30. The van der Waals surface area contributed by atoms with Gasteiger partial charge in [0.05, 0.1) is 29.1 Å². The summed E-state index contributed by atoms with van der Waals surface area (Å²) in [5, 5.41) is 2.58. The van der Waals surface area contributed by atoms with E-state index in [4.69, 9.17) is 10.5 Å². The molecule has 0 spiro atoms. The molecule has 0 bridgehead atoms. The first-order valence-electron chi connectivity index (χ1n) is 9.81. The molecule has 0 saturated carbocycles. The van der Waals surface area contributed by atoms with Crippen molar-refractivity contribution >= 4 is 39.0 Å². The lowest BCUT2D eigenvalue weighted by atomic mass is 10.2. The standard InChI is InChI=1S/C22H24N4O4S2/c1-4-18(21(27)25-16-12-14(2)10-11-17(16)30-3)31-22-24-13-19(20(23)26-22)32(28,29)15-8-6-5-7-9-15/h5-13,18H,4H2,1-3H3,(H,25,27)(H2,23,24,26). The Balaban J connectivity index is 1.79.